The molecular weight excluding hydrogens is 376 g/mol. The molecule has 0 atom stereocenters. The lowest BCUT2D eigenvalue weighted by atomic mass is 10.3. The maximum atomic E-state index is 12.3. The second-order valence-corrected chi connectivity index (χ2v) is 7.46. The van der Waals surface area contributed by atoms with Crippen LogP contribution in [0.1, 0.15) is 15.6 Å². The number of para-hydroxylation sites is 1. The minimum Gasteiger partial charge on any atom is -0.378 e. The Balaban J connectivity index is 1.31. The molecule has 0 radical (unpaired) electrons. The molecule has 0 bridgehead atoms. The van der Waals surface area contributed by atoms with Crippen molar-refractivity contribution in [2.75, 3.05) is 49.6 Å². The zero-order valence-corrected chi connectivity index (χ0v) is 16.5. The fraction of sp³-hybridized carbons (Fsp3) is 0.368. The third-order valence-corrected chi connectivity index (χ3v) is 5.40. The van der Waals surface area contributed by atoms with Gasteiger partial charge in [0.25, 0.3) is 5.91 Å². The number of aromatic nitrogens is 3. The number of fused-ring (bicyclic) bond motifs is 1. The SMILES string of the molecule is Cc1nc(NCCNC(=O)c2nc3ccccc3s2)cc(N2CCOCC2)n1. The fourth-order valence-corrected chi connectivity index (χ4v) is 3.89. The lowest BCUT2D eigenvalue weighted by molar-refractivity contribution is 0.0955. The van der Waals surface area contributed by atoms with Crippen molar-refractivity contribution >= 4 is 39.1 Å². The molecule has 28 heavy (non-hydrogen) atoms. The van der Waals surface area contributed by atoms with Crippen LogP contribution in [0.25, 0.3) is 10.2 Å². The van der Waals surface area contributed by atoms with Crippen LogP contribution < -0.4 is 15.5 Å². The number of carbonyl (C=O) groups excluding carboxylic acids is 1. The number of anilines is 2. The molecule has 1 fully saturated rings. The van der Waals surface area contributed by atoms with Gasteiger partial charge in [-0.3, -0.25) is 4.79 Å². The first-order valence-corrected chi connectivity index (χ1v) is 10.1. The molecule has 1 aromatic carbocycles. The standard InChI is InChI=1S/C19H22N6O2S/c1-13-22-16(12-17(23-13)25-8-10-27-11-9-25)20-6-7-21-18(26)19-24-14-4-2-3-5-15(14)28-19/h2-5,12H,6-11H2,1H3,(H,21,26)(H,20,22,23). The Morgan fingerprint density at radius 2 is 2.00 bits per heavy atom. The highest BCUT2D eigenvalue weighted by molar-refractivity contribution is 7.20. The molecule has 8 nitrogen and oxygen atoms in total. The Labute approximate surface area is 167 Å². The number of amides is 1. The highest BCUT2D eigenvalue weighted by Crippen LogP contribution is 2.21. The summed E-state index contributed by atoms with van der Waals surface area (Å²) in [6.07, 6.45) is 0. The largest absolute Gasteiger partial charge is 0.378 e. The number of benzene rings is 1. The van der Waals surface area contributed by atoms with Gasteiger partial charge in [-0.1, -0.05) is 12.1 Å². The van der Waals surface area contributed by atoms with Crippen molar-refractivity contribution in [1.29, 1.82) is 0 Å². The lowest BCUT2D eigenvalue weighted by Gasteiger charge is -2.28. The molecule has 1 aliphatic rings. The average Bonchev–Trinajstić information content (AvgIpc) is 3.16. The Morgan fingerprint density at radius 3 is 2.82 bits per heavy atom. The molecule has 0 spiro atoms. The highest BCUT2D eigenvalue weighted by Gasteiger charge is 2.14. The van der Waals surface area contributed by atoms with Crippen molar-refractivity contribution in [1.82, 2.24) is 20.3 Å². The van der Waals surface area contributed by atoms with E-state index >= 15 is 0 Å². The van der Waals surface area contributed by atoms with Crippen molar-refractivity contribution in [2.24, 2.45) is 0 Å². The molecule has 9 heteroatoms. The quantitative estimate of drug-likeness (QED) is 0.614. The number of hydrogen-bond acceptors (Lipinski definition) is 8. The van der Waals surface area contributed by atoms with E-state index in [0.717, 1.165) is 34.9 Å². The van der Waals surface area contributed by atoms with Crippen LogP contribution >= 0.6 is 11.3 Å². The first-order valence-electron chi connectivity index (χ1n) is 9.25. The van der Waals surface area contributed by atoms with Crippen molar-refractivity contribution in [3.63, 3.8) is 0 Å². The Morgan fingerprint density at radius 1 is 1.18 bits per heavy atom. The van der Waals surface area contributed by atoms with E-state index in [0.29, 0.717) is 37.1 Å². The molecule has 1 amide bonds. The summed E-state index contributed by atoms with van der Waals surface area (Å²) in [5.41, 5.74) is 0.850. The van der Waals surface area contributed by atoms with Gasteiger partial charge in [-0.25, -0.2) is 15.0 Å². The number of morpholine rings is 1. The summed E-state index contributed by atoms with van der Waals surface area (Å²) in [7, 11) is 0. The molecule has 3 aromatic rings. The lowest BCUT2D eigenvalue weighted by Crippen LogP contribution is -2.37. The van der Waals surface area contributed by atoms with Gasteiger partial charge in [0.2, 0.25) is 0 Å². The molecule has 0 unspecified atom stereocenters. The minimum absolute atomic E-state index is 0.157. The van der Waals surface area contributed by atoms with E-state index in [1.54, 1.807) is 0 Å². The van der Waals surface area contributed by atoms with Gasteiger partial charge >= 0.3 is 0 Å². The second-order valence-electron chi connectivity index (χ2n) is 6.43. The summed E-state index contributed by atoms with van der Waals surface area (Å²) in [6, 6.07) is 9.68. The van der Waals surface area contributed by atoms with E-state index in [1.807, 2.05) is 37.3 Å². The van der Waals surface area contributed by atoms with Crippen LogP contribution in [0.5, 0.6) is 0 Å². The van der Waals surface area contributed by atoms with Crippen molar-refractivity contribution < 1.29 is 9.53 Å². The summed E-state index contributed by atoms with van der Waals surface area (Å²) < 4.78 is 6.41. The van der Waals surface area contributed by atoms with Crippen LogP contribution in [0, 0.1) is 6.92 Å². The first-order chi connectivity index (χ1) is 13.7. The fourth-order valence-electron chi connectivity index (χ4n) is 3.01. The van der Waals surface area contributed by atoms with E-state index in [9.17, 15) is 4.79 Å². The zero-order valence-electron chi connectivity index (χ0n) is 15.6. The van der Waals surface area contributed by atoms with E-state index in [-0.39, 0.29) is 5.91 Å². The molecule has 4 rings (SSSR count). The van der Waals surface area contributed by atoms with Crippen LogP contribution in [0.2, 0.25) is 0 Å². The molecule has 0 saturated carbocycles. The van der Waals surface area contributed by atoms with Crippen LogP contribution in [0.4, 0.5) is 11.6 Å². The monoisotopic (exact) mass is 398 g/mol. The van der Waals surface area contributed by atoms with Gasteiger partial charge in [0, 0.05) is 32.2 Å². The Hall–Kier alpha value is -2.78. The third-order valence-electron chi connectivity index (χ3n) is 4.36. The van der Waals surface area contributed by atoms with Gasteiger partial charge in [0.15, 0.2) is 5.01 Å². The van der Waals surface area contributed by atoms with Crippen molar-refractivity contribution in [2.45, 2.75) is 6.92 Å². The van der Waals surface area contributed by atoms with Crippen LogP contribution in [-0.4, -0.2) is 60.3 Å². The Bertz CT molecular complexity index is 937. The van der Waals surface area contributed by atoms with E-state index in [1.165, 1.54) is 11.3 Å². The number of nitrogens with one attached hydrogen (secondary N) is 2. The summed E-state index contributed by atoms with van der Waals surface area (Å²) in [5.74, 6) is 2.21. The molecule has 2 N–H and O–H groups in total. The van der Waals surface area contributed by atoms with Gasteiger partial charge in [-0.2, -0.15) is 0 Å². The van der Waals surface area contributed by atoms with E-state index in [2.05, 4.69) is 30.5 Å². The topological polar surface area (TPSA) is 92.3 Å². The van der Waals surface area contributed by atoms with Crippen LogP contribution in [0.15, 0.2) is 30.3 Å². The molecule has 1 aliphatic heterocycles. The average molecular weight is 398 g/mol. The number of nitrogens with zero attached hydrogens (tertiary/aromatic N) is 4. The second kappa shape index (κ2) is 8.49. The minimum atomic E-state index is -0.157. The Kier molecular flexibility index (Phi) is 5.63. The number of rotatable bonds is 6. The summed E-state index contributed by atoms with van der Waals surface area (Å²) in [4.78, 5) is 27.8. The van der Waals surface area contributed by atoms with Crippen LogP contribution in [0.3, 0.4) is 0 Å². The summed E-state index contributed by atoms with van der Waals surface area (Å²) >= 11 is 1.40. The van der Waals surface area contributed by atoms with E-state index in [4.69, 9.17) is 4.74 Å². The van der Waals surface area contributed by atoms with Gasteiger partial charge in [-0.15, -0.1) is 11.3 Å². The number of aryl methyl sites for hydroxylation is 1. The maximum absolute atomic E-state index is 12.3. The predicted octanol–water partition coefficient (Wildman–Crippen LogP) is 2.07. The molecule has 146 valence electrons. The van der Waals surface area contributed by atoms with Gasteiger partial charge < -0.3 is 20.3 Å². The molecule has 1 saturated heterocycles. The van der Waals surface area contributed by atoms with Crippen LogP contribution in [-0.2, 0) is 4.74 Å². The number of ether oxygens (including phenoxy) is 1. The highest BCUT2D eigenvalue weighted by atomic mass is 32.1. The molecule has 0 aliphatic carbocycles. The van der Waals surface area contributed by atoms with Gasteiger partial charge in [0.05, 0.1) is 23.4 Å². The predicted molar refractivity (Wildman–Crippen MR) is 110 cm³/mol. The molecular formula is C19H22N6O2S. The third kappa shape index (κ3) is 4.37. The summed E-state index contributed by atoms with van der Waals surface area (Å²) in [5, 5.41) is 6.64. The van der Waals surface area contributed by atoms with Crippen molar-refractivity contribution in [3.8, 4) is 0 Å². The number of thiazole rings is 1. The smallest absolute Gasteiger partial charge is 0.280 e. The van der Waals surface area contributed by atoms with E-state index < -0.39 is 0 Å². The zero-order chi connectivity index (χ0) is 19.3. The number of carbonyl (C=O) groups is 1. The van der Waals surface area contributed by atoms with Gasteiger partial charge in [0.1, 0.15) is 17.5 Å². The first kappa shape index (κ1) is 18.6. The van der Waals surface area contributed by atoms with Gasteiger partial charge in [-0.05, 0) is 19.1 Å². The molecule has 2 aromatic heterocycles. The number of hydrogen-bond donors (Lipinski definition) is 2. The maximum Gasteiger partial charge on any atom is 0.280 e. The molecule has 3 heterocycles. The van der Waals surface area contributed by atoms with Crippen molar-refractivity contribution in [3.05, 3.63) is 41.2 Å². The summed E-state index contributed by atoms with van der Waals surface area (Å²) in [6.45, 7) is 6.00. The normalized spacial score (nSPS) is 14.2.